The summed E-state index contributed by atoms with van der Waals surface area (Å²) in [5.41, 5.74) is 2.26. The Morgan fingerprint density at radius 1 is 1.21 bits per heavy atom. The fourth-order valence-corrected chi connectivity index (χ4v) is 2.73. The van der Waals surface area contributed by atoms with Crippen molar-refractivity contribution >= 4 is 17.0 Å². The van der Waals surface area contributed by atoms with Gasteiger partial charge in [-0.3, -0.25) is 0 Å². The molecule has 0 unspecified atom stereocenters. The highest BCUT2D eigenvalue weighted by atomic mass is 19.1. The smallest absolute Gasteiger partial charge is 0.204 e. The van der Waals surface area contributed by atoms with Crippen LogP contribution in [0.15, 0.2) is 49.1 Å². The molecule has 1 aromatic heterocycles. The number of aromatic nitrogens is 2. The summed E-state index contributed by atoms with van der Waals surface area (Å²) in [5, 5.41) is 7.02. The molecule has 1 aliphatic rings. The van der Waals surface area contributed by atoms with Crippen LogP contribution in [0.4, 0.5) is 10.3 Å². The molecule has 2 N–H and O–H groups in total. The van der Waals surface area contributed by atoms with Gasteiger partial charge in [-0.25, -0.2) is 9.37 Å². The molecule has 1 aromatic carbocycles. The molecule has 5 heteroatoms. The largest absolute Gasteiger partial charge is 0.353 e. The molecule has 28 heavy (non-hydrogen) atoms. The molecule has 0 radical (unpaired) electrons. The summed E-state index contributed by atoms with van der Waals surface area (Å²) in [6.45, 7) is 15.8. The van der Waals surface area contributed by atoms with E-state index in [1.807, 2.05) is 33.8 Å². The fraction of sp³-hybridized carbons (Fsp3) is 0.522. The third kappa shape index (κ3) is 8.70. The highest BCUT2D eigenvalue weighted by Crippen LogP contribution is 2.21. The SMILES string of the molecule is C/C=C/Cn1c(NC2CCNCC2)nc2ccccc21.C=CCF.CC.CC. The van der Waals surface area contributed by atoms with E-state index in [1.54, 1.807) is 0 Å². The molecular formula is C23H39FN4. The lowest BCUT2D eigenvalue weighted by atomic mass is 10.1. The number of para-hydroxylation sites is 2. The Bertz CT molecular complexity index is 658. The summed E-state index contributed by atoms with van der Waals surface area (Å²) in [4.78, 5) is 4.76. The minimum Gasteiger partial charge on any atom is -0.353 e. The Balaban J connectivity index is 0.000000797. The molecule has 4 nitrogen and oxygen atoms in total. The monoisotopic (exact) mass is 390 g/mol. The van der Waals surface area contributed by atoms with Gasteiger partial charge in [0.25, 0.3) is 0 Å². The van der Waals surface area contributed by atoms with Gasteiger partial charge in [-0.2, -0.15) is 0 Å². The van der Waals surface area contributed by atoms with Crippen molar-refractivity contribution in [3.8, 4) is 0 Å². The zero-order valence-corrected chi connectivity index (χ0v) is 18.3. The summed E-state index contributed by atoms with van der Waals surface area (Å²) >= 11 is 0. The quantitative estimate of drug-likeness (QED) is 0.618. The number of benzene rings is 1. The van der Waals surface area contributed by atoms with Gasteiger partial charge in [0.1, 0.15) is 6.67 Å². The first kappa shape index (κ1) is 25.9. The first-order valence-electron chi connectivity index (χ1n) is 10.5. The number of rotatable bonds is 5. The molecule has 0 saturated carbocycles. The summed E-state index contributed by atoms with van der Waals surface area (Å²) in [5.74, 6) is 0.996. The standard InChI is InChI=1S/C16H22N4.C3H5F.2C2H6/c1-2-3-12-20-15-7-5-4-6-14(15)19-16(20)18-13-8-10-17-11-9-13;1-2-3-4;2*1-2/h2-7,13,17H,8-12H2,1H3,(H,18,19);2H,1,3H2;2*1-2H3/b3-2+;;;. The first-order valence-corrected chi connectivity index (χ1v) is 10.5. The molecule has 0 spiro atoms. The van der Waals surface area contributed by atoms with Gasteiger partial charge in [-0.1, -0.05) is 58.1 Å². The fourth-order valence-electron chi connectivity index (χ4n) is 2.73. The number of imidazole rings is 1. The number of fused-ring (bicyclic) bond motifs is 1. The second-order valence-electron chi connectivity index (χ2n) is 5.72. The van der Waals surface area contributed by atoms with E-state index in [0.29, 0.717) is 6.04 Å². The van der Waals surface area contributed by atoms with Gasteiger partial charge in [0.2, 0.25) is 5.95 Å². The Hall–Kier alpha value is -2.14. The van der Waals surface area contributed by atoms with Crippen LogP contribution in [0.5, 0.6) is 0 Å². The molecule has 0 aliphatic carbocycles. The average molecular weight is 391 g/mol. The van der Waals surface area contributed by atoms with Gasteiger partial charge in [0, 0.05) is 12.6 Å². The predicted octanol–water partition coefficient (Wildman–Crippen LogP) is 5.97. The maximum absolute atomic E-state index is 10.6. The van der Waals surface area contributed by atoms with Gasteiger partial charge >= 0.3 is 0 Å². The zero-order chi connectivity index (χ0) is 21.2. The summed E-state index contributed by atoms with van der Waals surface area (Å²) in [7, 11) is 0. The lowest BCUT2D eigenvalue weighted by molar-refractivity contribution is 0.476. The van der Waals surface area contributed by atoms with Crippen LogP contribution in [0.3, 0.4) is 0 Å². The van der Waals surface area contributed by atoms with Crippen LogP contribution in [0, 0.1) is 0 Å². The third-order valence-corrected chi connectivity index (χ3v) is 3.96. The van der Waals surface area contributed by atoms with Crippen LogP contribution >= 0.6 is 0 Å². The molecule has 0 bridgehead atoms. The van der Waals surface area contributed by atoms with Gasteiger partial charge in [0.15, 0.2) is 0 Å². The van der Waals surface area contributed by atoms with Crippen molar-refractivity contribution in [3.05, 3.63) is 49.1 Å². The van der Waals surface area contributed by atoms with Crippen molar-refractivity contribution in [3.63, 3.8) is 0 Å². The van der Waals surface area contributed by atoms with Gasteiger partial charge < -0.3 is 15.2 Å². The number of piperidine rings is 1. The van der Waals surface area contributed by atoms with E-state index in [4.69, 9.17) is 4.98 Å². The molecule has 158 valence electrons. The third-order valence-electron chi connectivity index (χ3n) is 3.96. The maximum Gasteiger partial charge on any atom is 0.204 e. The second-order valence-corrected chi connectivity index (χ2v) is 5.72. The van der Waals surface area contributed by atoms with E-state index in [1.165, 1.54) is 11.6 Å². The van der Waals surface area contributed by atoms with Crippen molar-refractivity contribution in [2.75, 3.05) is 25.1 Å². The molecule has 2 heterocycles. The lowest BCUT2D eigenvalue weighted by Crippen LogP contribution is -2.36. The van der Waals surface area contributed by atoms with E-state index in [0.717, 1.165) is 43.9 Å². The number of hydrogen-bond donors (Lipinski definition) is 2. The zero-order valence-electron chi connectivity index (χ0n) is 18.3. The number of allylic oxidation sites excluding steroid dienone is 3. The Labute approximate surface area is 170 Å². The van der Waals surface area contributed by atoms with E-state index < -0.39 is 6.67 Å². The Kier molecular flexibility index (Phi) is 15.7. The van der Waals surface area contributed by atoms with Crippen LogP contribution in [-0.4, -0.2) is 35.4 Å². The van der Waals surface area contributed by atoms with Crippen molar-refractivity contribution in [1.82, 2.24) is 14.9 Å². The molecule has 1 saturated heterocycles. The minimum atomic E-state index is -0.417. The minimum absolute atomic E-state index is 0.417. The maximum atomic E-state index is 10.6. The normalized spacial score (nSPS) is 13.5. The van der Waals surface area contributed by atoms with E-state index in [2.05, 4.69) is 59.1 Å². The molecule has 0 amide bonds. The van der Waals surface area contributed by atoms with Crippen LogP contribution in [-0.2, 0) is 6.54 Å². The molecule has 3 rings (SSSR count). The second kappa shape index (κ2) is 17.0. The number of alkyl halides is 1. The van der Waals surface area contributed by atoms with Gasteiger partial charge in [-0.15, -0.1) is 6.58 Å². The van der Waals surface area contributed by atoms with E-state index in [9.17, 15) is 4.39 Å². The predicted molar refractivity (Wildman–Crippen MR) is 123 cm³/mol. The highest BCUT2D eigenvalue weighted by molar-refractivity contribution is 5.78. The van der Waals surface area contributed by atoms with Crippen molar-refractivity contribution < 1.29 is 4.39 Å². The van der Waals surface area contributed by atoms with Crippen molar-refractivity contribution in [2.24, 2.45) is 0 Å². The number of halogens is 1. The molecule has 2 aromatic rings. The van der Waals surface area contributed by atoms with Crippen LogP contribution in [0.25, 0.3) is 11.0 Å². The molecular weight excluding hydrogens is 351 g/mol. The van der Waals surface area contributed by atoms with E-state index in [-0.39, 0.29) is 0 Å². The topological polar surface area (TPSA) is 41.9 Å². The van der Waals surface area contributed by atoms with Crippen LogP contribution in [0.1, 0.15) is 47.5 Å². The summed E-state index contributed by atoms with van der Waals surface area (Å²) < 4.78 is 12.9. The molecule has 1 aliphatic heterocycles. The highest BCUT2D eigenvalue weighted by Gasteiger charge is 2.16. The van der Waals surface area contributed by atoms with Crippen molar-refractivity contribution in [2.45, 2.75) is 60.0 Å². The Morgan fingerprint density at radius 3 is 2.39 bits per heavy atom. The number of nitrogens with zero attached hydrogens (tertiary/aromatic N) is 2. The molecule has 1 fully saturated rings. The Morgan fingerprint density at radius 2 is 1.82 bits per heavy atom. The average Bonchev–Trinajstić information content (AvgIpc) is 3.12. The number of anilines is 1. The van der Waals surface area contributed by atoms with Crippen molar-refractivity contribution in [1.29, 1.82) is 0 Å². The van der Waals surface area contributed by atoms with Gasteiger partial charge in [0.05, 0.1) is 11.0 Å². The summed E-state index contributed by atoms with van der Waals surface area (Å²) in [6, 6.07) is 8.86. The van der Waals surface area contributed by atoms with Gasteiger partial charge in [-0.05, 0) is 45.0 Å². The number of hydrogen-bond acceptors (Lipinski definition) is 3. The van der Waals surface area contributed by atoms with Crippen LogP contribution < -0.4 is 10.6 Å². The van der Waals surface area contributed by atoms with E-state index >= 15 is 0 Å². The summed E-state index contributed by atoms with van der Waals surface area (Å²) in [6.07, 6.45) is 7.78. The van der Waals surface area contributed by atoms with Crippen LogP contribution in [0.2, 0.25) is 0 Å². The first-order chi connectivity index (χ1) is 13.8. The number of nitrogens with one attached hydrogen (secondary N) is 2. The lowest BCUT2D eigenvalue weighted by Gasteiger charge is -2.24. The molecule has 0 atom stereocenters.